The lowest BCUT2D eigenvalue weighted by molar-refractivity contribution is -0.167. The molecule has 0 N–H and O–H groups in total. The van der Waals surface area contributed by atoms with Gasteiger partial charge in [-0.15, -0.1) is 0 Å². The Morgan fingerprint density at radius 3 is 0.812 bits per heavy atom. The van der Waals surface area contributed by atoms with E-state index in [0.29, 0.717) is 19.3 Å². The normalized spacial score (nSPS) is 12.6. The van der Waals surface area contributed by atoms with Crippen molar-refractivity contribution >= 4 is 17.9 Å². The quantitative estimate of drug-likeness (QED) is 0.0344. The first-order valence-corrected chi connectivity index (χ1v) is 28.6. The smallest absolute Gasteiger partial charge is 0.306 e. The summed E-state index contributed by atoms with van der Waals surface area (Å²) in [6.45, 7) is 13.8. The molecule has 0 saturated carbocycles. The zero-order chi connectivity index (χ0) is 47.0. The van der Waals surface area contributed by atoms with Gasteiger partial charge in [0.05, 0.1) is 0 Å². The largest absolute Gasteiger partial charge is 0.462 e. The third-order valence-electron chi connectivity index (χ3n) is 13.5. The molecule has 1 unspecified atom stereocenters. The second kappa shape index (κ2) is 49.3. The molecule has 0 aromatic carbocycles. The lowest BCUT2D eigenvalue weighted by atomic mass is 9.99. The fourth-order valence-corrected chi connectivity index (χ4v) is 8.79. The Bertz CT molecular complexity index is 993. The molecule has 0 rings (SSSR count). The van der Waals surface area contributed by atoms with Gasteiger partial charge in [0, 0.05) is 19.3 Å². The standard InChI is InChI=1S/C58H112O6/c1-7-54(6)46-40-34-28-22-18-19-24-30-36-42-48-57(60)63-51-55(64-58(61)49-43-37-31-25-17-13-12-15-21-27-33-39-45-53(4)5)50-62-56(59)47-41-35-29-23-16-11-9-8-10-14-20-26-32-38-44-52(2)3/h52-55H,7-51H2,1-6H3/t54?,55-/m1/s1. The molecule has 0 aromatic rings. The summed E-state index contributed by atoms with van der Waals surface area (Å²) in [7, 11) is 0. The van der Waals surface area contributed by atoms with Crippen LogP contribution in [-0.2, 0) is 28.6 Å². The number of carbonyl (C=O) groups is 3. The Kier molecular flexibility index (Phi) is 48.1. The van der Waals surface area contributed by atoms with Crippen molar-refractivity contribution in [2.45, 2.75) is 324 Å². The van der Waals surface area contributed by atoms with Crippen LogP contribution in [0.2, 0.25) is 0 Å². The van der Waals surface area contributed by atoms with E-state index in [9.17, 15) is 14.4 Å². The lowest BCUT2D eigenvalue weighted by Crippen LogP contribution is -2.30. The van der Waals surface area contributed by atoms with E-state index >= 15 is 0 Å². The highest BCUT2D eigenvalue weighted by atomic mass is 16.6. The molecule has 64 heavy (non-hydrogen) atoms. The maximum atomic E-state index is 12.8. The molecule has 0 heterocycles. The summed E-state index contributed by atoms with van der Waals surface area (Å²) in [6, 6.07) is 0. The minimum absolute atomic E-state index is 0.0637. The molecule has 6 heteroatoms. The number of carbonyl (C=O) groups excluding carboxylic acids is 3. The summed E-state index contributed by atoms with van der Waals surface area (Å²) >= 11 is 0. The Labute approximate surface area is 399 Å². The molecule has 0 aliphatic heterocycles. The van der Waals surface area contributed by atoms with Crippen LogP contribution in [0.3, 0.4) is 0 Å². The van der Waals surface area contributed by atoms with Crippen LogP contribution in [-0.4, -0.2) is 37.2 Å². The van der Waals surface area contributed by atoms with Crippen molar-refractivity contribution in [3.8, 4) is 0 Å². The van der Waals surface area contributed by atoms with E-state index in [0.717, 1.165) is 75.5 Å². The van der Waals surface area contributed by atoms with Crippen molar-refractivity contribution in [3.63, 3.8) is 0 Å². The van der Waals surface area contributed by atoms with Gasteiger partial charge in [-0.1, -0.05) is 279 Å². The van der Waals surface area contributed by atoms with Crippen molar-refractivity contribution in [2.75, 3.05) is 13.2 Å². The number of hydrogen-bond donors (Lipinski definition) is 0. The molecule has 0 aliphatic rings. The maximum Gasteiger partial charge on any atom is 0.306 e. The number of ether oxygens (including phenoxy) is 3. The maximum absolute atomic E-state index is 12.8. The van der Waals surface area contributed by atoms with Gasteiger partial charge in [-0.05, 0) is 37.0 Å². The van der Waals surface area contributed by atoms with Gasteiger partial charge >= 0.3 is 17.9 Å². The first kappa shape index (κ1) is 62.4. The number of unbranched alkanes of at least 4 members (excludes halogenated alkanes) is 33. The highest BCUT2D eigenvalue weighted by Crippen LogP contribution is 2.19. The van der Waals surface area contributed by atoms with Gasteiger partial charge in [0.2, 0.25) is 0 Å². The van der Waals surface area contributed by atoms with E-state index in [-0.39, 0.29) is 31.1 Å². The summed E-state index contributed by atoms with van der Waals surface area (Å²) < 4.78 is 16.9. The van der Waals surface area contributed by atoms with E-state index in [2.05, 4.69) is 41.5 Å². The van der Waals surface area contributed by atoms with Crippen molar-refractivity contribution < 1.29 is 28.6 Å². The summed E-state index contributed by atoms with van der Waals surface area (Å²) in [5.41, 5.74) is 0. The van der Waals surface area contributed by atoms with E-state index in [1.165, 1.54) is 199 Å². The molecular weight excluding hydrogens is 793 g/mol. The van der Waals surface area contributed by atoms with Crippen LogP contribution >= 0.6 is 0 Å². The van der Waals surface area contributed by atoms with Crippen LogP contribution in [0.4, 0.5) is 0 Å². The third kappa shape index (κ3) is 49.8. The van der Waals surface area contributed by atoms with Crippen molar-refractivity contribution in [3.05, 3.63) is 0 Å². The van der Waals surface area contributed by atoms with Crippen LogP contribution in [0.5, 0.6) is 0 Å². The van der Waals surface area contributed by atoms with Crippen LogP contribution < -0.4 is 0 Å². The third-order valence-corrected chi connectivity index (χ3v) is 13.5. The molecule has 6 nitrogen and oxygen atoms in total. The number of rotatable bonds is 51. The fraction of sp³-hybridized carbons (Fsp3) is 0.948. The van der Waals surface area contributed by atoms with Crippen LogP contribution in [0, 0.1) is 17.8 Å². The topological polar surface area (TPSA) is 78.9 Å². The van der Waals surface area contributed by atoms with Gasteiger partial charge in [-0.3, -0.25) is 14.4 Å². The zero-order valence-corrected chi connectivity index (χ0v) is 44.1. The average Bonchev–Trinajstić information content (AvgIpc) is 3.27. The molecule has 0 radical (unpaired) electrons. The summed E-state index contributed by atoms with van der Waals surface area (Å²) in [5.74, 6) is 1.70. The summed E-state index contributed by atoms with van der Waals surface area (Å²) in [5, 5.41) is 0. The predicted octanol–water partition coefficient (Wildman–Crippen LogP) is 18.7. The molecule has 0 aliphatic carbocycles. The second-order valence-electron chi connectivity index (χ2n) is 21.1. The van der Waals surface area contributed by atoms with E-state index in [4.69, 9.17) is 14.2 Å². The molecule has 0 bridgehead atoms. The molecular formula is C58H112O6. The van der Waals surface area contributed by atoms with Crippen LogP contribution in [0.15, 0.2) is 0 Å². The van der Waals surface area contributed by atoms with E-state index < -0.39 is 6.10 Å². The predicted molar refractivity (Wildman–Crippen MR) is 275 cm³/mol. The van der Waals surface area contributed by atoms with Crippen molar-refractivity contribution in [2.24, 2.45) is 17.8 Å². The Morgan fingerprint density at radius 2 is 0.547 bits per heavy atom. The molecule has 0 fully saturated rings. The molecule has 0 spiro atoms. The Hall–Kier alpha value is -1.59. The van der Waals surface area contributed by atoms with E-state index in [1.807, 2.05) is 0 Å². The minimum atomic E-state index is -0.764. The molecule has 0 aromatic heterocycles. The summed E-state index contributed by atoms with van der Waals surface area (Å²) in [4.78, 5) is 38.1. The lowest BCUT2D eigenvalue weighted by Gasteiger charge is -2.18. The van der Waals surface area contributed by atoms with Crippen LogP contribution in [0.25, 0.3) is 0 Å². The van der Waals surface area contributed by atoms with Gasteiger partial charge in [0.25, 0.3) is 0 Å². The average molecular weight is 906 g/mol. The van der Waals surface area contributed by atoms with Crippen molar-refractivity contribution in [1.82, 2.24) is 0 Å². The minimum Gasteiger partial charge on any atom is -0.462 e. The number of hydrogen-bond acceptors (Lipinski definition) is 6. The SMILES string of the molecule is CCC(C)CCCCCCCCCCCCC(=O)OC[C@@H](COC(=O)CCCCCCCCCCCCCCCCC(C)C)OC(=O)CCCCCCCCCCCCCCC(C)C. The first-order chi connectivity index (χ1) is 31.1. The van der Waals surface area contributed by atoms with E-state index in [1.54, 1.807) is 0 Å². The Balaban J connectivity index is 4.31. The molecule has 380 valence electrons. The van der Waals surface area contributed by atoms with Crippen molar-refractivity contribution in [1.29, 1.82) is 0 Å². The highest BCUT2D eigenvalue weighted by Gasteiger charge is 2.19. The second-order valence-corrected chi connectivity index (χ2v) is 21.1. The fourth-order valence-electron chi connectivity index (χ4n) is 8.79. The molecule has 2 atom stereocenters. The highest BCUT2D eigenvalue weighted by molar-refractivity contribution is 5.71. The molecule has 0 saturated heterocycles. The van der Waals surface area contributed by atoms with Crippen LogP contribution in [0.1, 0.15) is 318 Å². The first-order valence-electron chi connectivity index (χ1n) is 28.6. The zero-order valence-electron chi connectivity index (χ0n) is 44.1. The molecule has 0 amide bonds. The monoisotopic (exact) mass is 905 g/mol. The van der Waals surface area contributed by atoms with Gasteiger partial charge in [-0.25, -0.2) is 0 Å². The number of esters is 3. The van der Waals surface area contributed by atoms with Gasteiger partial charge in [0.1, 0.15) is 13.2 Å². The van der Waals surface area contributed by atoms with Gasteiger partial charge in [0.15, 0.2) is 6.10 Å². The Morgan fingerprint density at radius 1 is 0.312 bits per heavy atom. The summed E-state index contributed by atoms with van der Waals surface area (Å²) in [6.07, 6.45) is 50.8. The van der Waals surface area contributed by atoms with Gasteiger partial charge < -0.3 is 14.2 Å². The van der Waals surface area contributed by atoms with Gasteiger partial charge in [-0.2, -0.15) is 0 Å².